The lowest BCUT2D eigenvalue weighted by atomic mass is 10.1. The molecule has 1 aliphatic rings. The number of aryl methyl sites for hydroxylation is 1. The minimum atomic E-state index is 0.261. The Hall–Kier alpha value is -3.29. The normalized spacial score (nSPS) is 13.6. The second-order valence-electron chi connectivity index (χ2n) is 7.06. The highest BCUT2D eigenvalue weighted by molar-refractivity contribution is 5.73. The van der Waals surface area contributed by atoms with Crippen molar-refractivity contribution in [1.29, 1.82) is 0 Å². The summed E-state index contributed by atoms with van der Waals surface area (Å²) in [7, 11) is 0. The molecule has 8 nitrogen and oxygen atoms in total. The van der Waals surface area contributed by atoms with E-state index in [1.807, 2.05) is 23.7 Å². The average Bonchev–Trinajstić information content (AvgIpc) is 3.18. The molecule has 8 heteroatoms. The zero-order valence-corrected chi connectivity index (χ0v) is 16.6. The molecule has 0 amide bonds. The fraction of sp³-hybridized carbons (Fsp3) is 0.350. The SMILES string of the molecule is C=C1CNc2ncc(-c3ccc(-c4ncn(C(C)C)n4)nc3C)nc2N1CC. The number of nitrogens with one attached hydrogen (secondary N) is 1. The monoisotopic (exact) mass is 376 g/mol. The molecule has 3 aromatic rings. The molecular formula is C20H24N8. The predicted molar refractivity (Wildman–Crippen MR) is 110 cm³/mol. The van der Waals surface area contributed by atoms with Crippen LogP contribution in [-0.2, 0) is 0 Å². The zero-order chi connectivity index (χ0) is 19.8. The molecule has 0 bridgehead atoms. The van der Waals surface area contributed by atoms with E-state index < -0.39 is 0 Å². The van der Waals surface area contributed by atoms with Crippen molar-refractivity contribution in [2.24, 2.45) is 0 Å². The first-order valence-electron chi connectivity index (χ1n) is 9.43. The molecule has 0 aromatic carbocycles. The van der Waals surface area contributed by atoms with Crippen molar-refractivity contribution in [3.8, 4) is 22.8 Å². The summed E-state index contributed by atoms with van der Waals surface area (Å²) in [6, 6.07) is 4.20. The minimum Gasteiger partial charge on any atom is -0.361 e. The van der Waals surface area contributed by atoms with Gasteiger partial charge in [0.1, 0.15) is 12.0 Å². The highest BCUT2D eigenvalue weighted by Gasteiger charge is 2.22. The highest BCUT2D eigenvalue weighted by atomic mass is 15.3. The van der Waals surface area contributed by atoms with Crippen LogP contribution in [-0.4, -0.2) is 42.8 Å². The lowest BCUT2D eigenvalue weighted by Crippen LogP contribution is -2.32. The van der Waals surface area contributed by atoms with Gasteiger partial charge in [-0.05, 0) is 39.8 Å². The largest absolute Gasteiger partial charge is 0.361 e. The smallest absolute Gasteiger partial charge is 0.199 e. The van der Waals surface area contributed by atoms with Crippen molar-refractivity contribution in [2.75, 3.05) is 23.3 Å². The zero-order valence-electron chi connectivity index (χ0n) is 16.6. The molecule has 0 radical (unpaired) electrons. The van der Waals surface area contributed by atoms with E-state index in [9.17, 15) is 0 Å². The van der Waals surface area contributed by atoms with Crippen LogP contribution in [0.25, 0.3) is 22.8 Å². The van der Waals surface area contributed by atoms with Crippen LogP contribution < -0.4 is 10.2 Å². The van der Waals surface area contributed by atoms with Crippen LogP contribution in [0.15, 0.2) is 36.9 Å². The summed E-state index contributed by atoms with van der Waals surface area (Å²) in [6.45, 7) is 13.8. The van der Waals surface area contributed by atoms with E-state index >= 15 is 0 Å². The van der Waals surface area contributed by atoms with Crippen LogP contribution >= 0.6 is 0 Å². The number of fused-ring (bicyclic) bond motifs is 1. The first-order valence-corrected chi connectivity index (χ1v) is 9.43. The Kier molecular flexibility index (Phi) is 4.54. The Labute approximate surface area is 164 Å². The molecule has 0 fully saturated rings. The number of hydrogen-bond acceptors (Lipinski definition) is 7. The summed E-state index contributed by atoms with van der Waals surface area (Å²) in [5.41, 5.74) is 4.31. The summed E-state index contributed by atoms with van der Waals surface area (Å²) < 4.78 is 1.83. The molecule has 0 saturated carbocycles. The number of nitrogens with zero attached hydrogens (tertiary/aromatic N) is 7. The standard InChI is InChI=1S/C20H24N8/c1-6-27-13(4)9-21-19-20(27)25-17(10-22-19)15-7-8-16(24-14(15)5)18-23-11-28(26-18)12(2)3/h7-8,10-12H,4,6,9H2,1-3,5H3,(H,21,22). The van der Waals surface area contributed by atoms with Gasteiger partial charge in [-0.2, -0.15) is 0 Å². The third kappa shape index (κ3) is 3.11. The van der Waals surface area contributed by atoms with E-state index in [-0.39, 0.29) is 6.04 Å². The van der Waals surface area contributed by atoms with Gasteiger partial charge in [0.15, 0.2) is 17.5 Å². The van der Waals surface area contributed by atoms with Crippen LogP contribution in [0.3, 0.4) is 0 Å². The topological polar surface area (TPSA) is 84.7 Å². The number of anilines is 2. The Morgan fingerprint density at radius 2 is 2.00 bits per heavy atom. The van der Waals surface area contributed by atoms with Gasteiger partial charge in [-0.15, -0.1) is 5.10 Å². The average molecular weight is 376 g/mol. The summed E-state index contributed by atoms with van der Waals surface area (Å²) in [4.78, 5) is 20.6. The summed E-state index contributed by atoms with van der Waals surface area (Å²) in [5.74, 6) is 2.21. The fourth-order valence-electron chi connectivity index (χ4n) is 3.22. The van der Waals surface area contributed by atoms with Crippen LogP contribution in [0.2, 0.25) is 0 Å². The van der Waals surface area contributed by atoms with E-state index in [1.165, 1.54) is 0 Å². The maximum absolute atomic E-state index is 4.84. The number of likely N-dealkylation sites (N-methyl/N-ethyl adjacent to an activating group) is 1. The number of hydrogen-bond donors (Lipinski definition) is 1. The van der Waals surface area contributed by atoms with Gasteiger partial charge < -0.3 is 10.2 Å². The molecule has 28 heavy (non-hydrogen) atoms. The van der Waals surface area contributed by atoms with Crippen LogP contribution in [0.1, 0.15) is 32.5 Å². The molecule has 0 spiro atoms. The molecule has 3 aromatic heterocycles. The van der Waals surface area contributed by atoms with Crippen molar-refractivity contribution in [2.45, 2.75) is 33.7 Å². The minimum absolute atomic E-state index is 0.261. The van der Waals surface area contributed by atoms with Gasteiger partial charge in [0, 0.05) is 29.5 Å². The van der Waals surface area contributed by atoms with Crippen molar-refractivity contribution in [1.82, 2.24) is 29.7 Å². The first kappa shape index (κ1) is 18.1. The molecule has 1 aliphatic heterocycles. The van der Waals surface area contributed by atoms with E-state index in [0.717, 1.165) is 46.5 Å². The Balaban J connectivity index is 1.70. The van der Waals surface area contributed by atoms with Gasteiger partial charge in [-0.25, -0.2) is 24.6 Å². The van der Waals surface area contributed by atoms with Crippen LogP contribution in [0.5, 0.6) is 0 Å². The Morgan fingerprint density at radius 3 is 2.68 bits per heavy atom. The van der Waals surface area contributed by atoms with Crippen molar-refractivity contribution >= 4 is 11.6 Å². The lowest BCUT2D eigenvalue weighted by Gasteiger charge is -2.31. The third-order valence-corrected chi connectivity index (χ3v) is 4.80. The molecule has 144 valence electrons. The van der Waals surface area contributed by atoms with E-state index in [4.69, 9.17) is 9.97 Å². The highest BCUT2D eigenvalue weighted by Crippen LogP contribution is 2.32. The van der Waals surface area contributed by atoms with Crippen molar-refractivity contribution < 1.29 is 0 Å². The maximum Gasteiger partial charge on any atom is 0.199 e. The molecule has 0 aliphatic carbocycles. The van der Waals surface area contributed by atoms with Gasteiger partial charge in [0.25, 0.3) is 0 Å². The van der Waals surface area contributed by atoms with Gasteiger partial charge in [-0.1, -0.05) is 6.58 Å². The van der Waals surface area contributed by atoms with Crippen LogP contribution in [0, 0.1) is 6.92 Å². The Morgan fingerprint density at radius 1 is 1.18 bits per heavy atom. The lowest BCUT2D eigenvalue weighted by molar-refractivity contribution is 0.532. The molecular weight excluding hydrogens is 352 g/mol. The van der Waals surface area contributed by atoms with Crippen molar-refractivity contribution in [3.63, 3.8) is 0 Å². The number of rotatable bonds is 4. The van der Waals surface area contributed by atoms with Crippen LogP contribution in [0.4, 0.5) is 11.6 Å². The summed E-state index contributed by atoms with van der Waals surface area (Å²) in [6.07, 6.45) is 3.52. The van der Waals surface area contributed by atoms with Gasteiger partial charge in [0.2, 0.25) is 0 Å². The van der Waals surface area contributed by atoms with Crippen molar-refractivity contribution in [3.05, 3.63) is 42.6 Å². The number of pyridine rings is 1. The fourth-order valence-corrected chi connectivity index (χ4v) is 3.22. The van der Waals surface area contributed by atoms with Gasteiger partial charge in [-0.3, -0.25) is 0 Å². The summed E-state index contributed by atoms with van der Waals surface area (Å²) in [5, 5.41) is 7.76. The Bertz CT molecular complexity index is 1040. The number of aromatic nitrogens is 6. The molecule has 4 rings (SSSR count). The molecule has 4 heterocycles. The van der Waals surface area contributed by atoms with E-state index in [2.05, 4.69) is 52.6 Å². The second-order valence-corrected chi connectivity index (χ2v) is 7.06. The quantitative estimate of drug-likeness (QED) is 0.746. The summed E-state index contributed by atoms with van der Waals surface area (Å²) >= 11 is 0. The van der Waals surface area contributed by atoms with E-state index in [1.54, 1.807) is 12.5 Å². The molecule has 0 unspecified atom stereocenters. The maximum atomic E-state index is 4.84. The first-order chi connectivity index (χ1) is 13.5. The van der Waals surface area contributed by atoms with E-state index in [0.29, 0.717) is 12.4 Å². The predicted octanol–water partition coefficient (Wildman–Crippen LogP) is 3.45. The molecule has 0 saturated heterocycles. The van der Waals surface area contributed by atoms with Gasteiger partial charge >= 0.3 is 0 Å². The molecule has 1 N–H and O–H groups in total. The third-order valence-electron chi connectivity index (χ3n) is 4.80. The molecule has 0 atom stereocenters. The second kappa shape index (κ2) is 7.03. The van der Waals surface area contributed by atoms with Gasteiger partial charge in [0.05, 0.1) is 18.4 Å².